The van der Waals surface area contributed by atoms with E-state index in [-0.39, 0.29) is 12.3 Å². The van der Waals surface area contributed by atoms with Crippen LogP contribution in [0.25, 0.3) is 0 Å². The minimum absolute atomic E-state index is 0.158. The molecule has 0 bridgehead atoms. The Morgan fingerprint density at radius 1 is 1.50 bits per heavy atom. The van der Waals surface area contributed by atoms with E-state index in [9.17, 15) is 8.42 Å². The molecule has 1 aromatic heterocycles. The van der Waals surface area contributed by atoms with Crippen molar-refractivity contribution < 1.29 is 8.42 Å². The summed E-state index contributed by atoms with van der Waals surface area (Å²) in [6.07, 6.45) is 5.71. The van der Waals surface area contributed by atoms with Gasteiger partial charge in [0.25, 0.3) is 0 Å². The van der Waals surface area contributed by atoms with Gasteiger partial charge < -0.3 is 9.88 Å². The average Bonchev–Trinajstić information content (AvgIpc) is 2.92. The third-order valence-electron chi connectivity index (χ3n) is 3.63. The summed E-state index contributed by atoms with van der Waals surface area (Å²) in [7, 11) is -3.25. The minimum atomic E-state index is -3.25. The van der Waals surface area contributed by atoms with E-state index in [2.05, 4.69) is 20.2 Å². The van der Waals surface area contributed by atoms with E-state index in [4.69, 9.17) is 0 Å². The van der Waals surface area contributed by atoms with Crippen LogP contribution in [0, 0.1) is 0 Å². The Balaban J connectivity index is 1.78. The van der Waals surface area contributed by atoms with Crippen LogP contribution in [0.4, 0.5) is 0 Å². The van der Waals surface area contributed by atoms with Crippen LogP contribution >= 0.6 is 0 Å². The van der Waals surface area contributed by atoms with Crippen LogP contribution in [0.2, 0.25) is 0 Å². The molecule has 114 valence electrons. The van der Waals surface area contributed by atoms with E-state index >= 15 is 0 Å². The topological polar surface area (TPSA) is 88.9 Å². The predicted molar refractivity (Wildman–Crippen MR) is 76.6 cm³/mol. The normalized spacial score (nSPS) is 20.1. The maximum atomic E-state index is 12.0. The molecule has 20 heavy (non-hydrogen) atoms. The van der Waals surface area contributed by atoms with Crippen LogP contribution in [0.1, 0.15) is 38.4 Å². The molecule has 7 nitrogen and oxygen atoms in total. The van der Waals surface area contributed by atoms with Gasteiger partial charge in [-0.05, 0) is 32.7 Å². The molecule has 1 saturated heterocycles. The molecule has 1 fully saturated rings. The van der Waals surface area contributed by atoms with Crippen molar-refractivity contribution in [1.82, 2.24) is 24.8 Å². The van der Waals surface area contributed by atoms with Crippen LogP contribution in [0.3, 0.4) is 0 Å². The molecule has 0 saturated carbocycles. The maximum Gasteiger partial charge on any atom is 0.212 e. The number of hydrogen-bond donors (Lipinski definition) is 2. The fourth-order valence-electron chi connectivity index (χ4n) is 2.39. The van der Waals surface area contributed by atoms with Gasteiger partial charge in [-0.3, -0.25) is 0 Å². The molecule has 1 aliphatic rings. The molecule has 8 heteroatoms. The van der Waals surface area contributed by atoms with Crippen molar-refractivity contribution >= 4 is 10.0 Å². The zero-order valence-corrected chi connectivity index (χ0v) is 12.7. The lowest BCUT2D eigenvalue weighted by molar-refractivity contribution is 0.392. The lowest BCUT2D eigenvalue weighted by atomic mass is 10.0. The molecule has 0 spiro atoms. The van der Waals surface area contributed by atoms with E-state index < -0.39 is 10.0 Å². The van der Waals surface area contributed by atoms with Gasteiger partial charge in [0.05, 0.1) is 12.3 Å². The van der Waals surface area contributed by atoms with Gasteiger partial charge in [-0.1, -0.05) is 6.42 Å². The number of aryl methyl sites for hydroxylation is 1. The highest BCUT2D eigenvalue weighted by molar-refractivity contribution is 7.89. The van der Waals surface area contributed by atoms with Gasteiger partial charge in [-0.15, -0.1) is 10.2 Å². The number of nitrogens with zero attached hydrogens (tertiary/aromatic N) is 3. The fourth-order valence-corrected chi connectivity index (χ4v) is 3.48. The zero-order chi connectivity index (χ0) is 14.4. The largest absolute Gasteiger partial charge is 0.317 e. The smallest absolute Gasteiger partial charge is 0.212 e. The Labute approximate surface area is 120 Å². The van der Waals surface area contributed by atoms with Gasteiger partial charge in [0.2, 0.25) is 10.0 Å². The molecular weight excluding hydrogens is 278 g/mol. The molecule has 1 aromatic rings. The van der Waals surface area contributed by atoms with Crippen LogP contribution in [-0.2, 0) is 23.1 Å². The molecule has 1 atom stereocenters. The first-order valence-corrected chi connectivity index (χ1v) is 8.83. The Kier molecular flexibility index (Phi) is 5.50. The molecule has 1 aliphatic heterocycles. The van der Waals surface area contributed by atoms with Gasteiger partial charge in [-0.25, -0.2) is 13.1 Å². The van der Waals surface area contributed by atoms with Crippen molar-refractivity contribution in [3.8, 4) is 0 Å². The zero-order valence-electron chi connectivity index (χ0n) is 11.9. The first kappa shape index (κ1) is 15.4. The average molecular weight is 301 g/mol. The lowest BCUT2D eigenvalue weighted by Crippen LogP contribution is -2.37. The van der Waals surface area contributed by atoms with Gasteiger partial charge in [0.1, 0.15) is 12.2 Å². The highest BCUT2D eigenvalue weighted by Gasteiger charge is 2.17. The first-order valence-electron chi connectivity index (χ1n) is 7.18. The molecule has 0 amide bonds. The second-order valence-electron chi connectivity index (χ2n) is 5.11. The van der Waals surface area contributed by atoms with Gasteiger partial charge >= 0.3 is 0 Å². The van der Waals surface area contributed by atoms with Crippen molar-refractivity contribution in [2.24, 2.45) is 0 Å². The summed E-state index contributed by atoms with van der Waals surface area (Å²) in [6, 6.07) is 0.333. The van der Waals surface area contributed by atoms with Crippen molar-refractivity contribution in [2.75, 3.05) is 12.3 Å². The Morgan fingerprint density at radius 3 is 3.05 bits per heavy atom. The Morgan fingerprint density at radius 2 is 2.35 bits per heavy atom. The summed E-state index contributed by atoms with van der Waals surface area (Å²) in [5.41, 5.74) is 0. The van der Waals surface area contributed by atoms with E-state index in [1.54, 1.807) is 6.33 Å². The maximum absolute atomic E-state index is 12.0. The number of sulfonamides is 1. The number of hydrogen-bond acceptors (Lipinski definition) is 5. The number of rotatable bonds is 7. The van der Waals surface area contributed by atoms with Crippen molar-refractivity contribution in [1.29, 1.82) is 0 Å². The summed E-state index contributed by atoms with van der Waals surface area (Å²) in [5.74, 6) is 0.803. The summed E-state index contributed by atoms with van der Waals surface area (Å²) < 4.78 is 28.4. The number of piperidine rings is 1. The minimum Gasteiger partial charge on any atom is -0.317 e. The van der Waals surface area contributed by atoms with Crippen molar-refractivity contribution in [3.05, 3.63) is 12.2 Å². The van der Waals surface area contributed by atoms with Crippen LogP contribution in [-0.4, -0.2) is 41.5 Å². The molecule has 1 unspecified atom stereocenters. The van der Waals surface area contributed by atoms with E-state index in [0.717, 1.165) is 19.5 Å². The van der Waals surface area contributed by atoms with E-state index in [1.807, 2.05) is 11.5 Å². The van der Waals surface area contributed by atoms with E-state index in [1.165, 1.54) is 12.8 Å². The molecule has 0 radical (unpaired) electrons. The Bertz CT molecular complexity index is 508. The van der Waals surface area contributed by atoms with Crippen molar-refractivity contribution in [3.63, 3.8) is 0 Å². The molecule has 0 aromatic carbocycles. The number of aromatic nitrogens is 3. The first-order chi connectivity index (χ1) is 9.61. The van der Waals surface area contributed by atoms with Crippen LogP contribution < -0.4 is 10.0 Å². The predicted octanol–water partition coefficient (Wildman–Crippen LogP) is 0.250. The summed E-state index contributed by atoms with van der Waals surface area (Å²) in [4.78, 5) is 0. The highest BCUT2D eigenvalue weighted by atomic mass is 32.2. The molecule has 2 heterocycles. The van der Waals surface area contributed by atoms with Crippen LogP contribution in [0.5, 0.6) is 0 Å². The van der Waals surface area contributed by atoms with Crippen molar-refractivity contribution in [2.45, 2.75) is 51.7 Å². The van der Waals surface area contributed by atoms with Gasteiger partial charge in [0.15, 0.2) is 0 Å². The molecule has 0 aliphatic carbocycles. The molecule has 2 rings (SSSR count). The SMILES string of the molecule is CCn1cnnc1CNS(=O)(=O)CCC1CCCCN1. The fraction of sp³-hybridized carbons (Fsp3) is 0.833. The lowest BCUT2D eigenvalue weighted by Gasteiger charge is -2.23. The summed E-state index contributed by atoms with van der Waals surface area (Å²) >= 11 is 0. The second kappa shape index (κ2) is 7.14. The molecule has 2 N–H and O–H groups in total. The van der Waals surface area contributed by atoms with Gasteiger partial charge in [-0.2, -0.15) is 0 Å². The standard InChI is InChI=1S/C12H23N5O2S/c1-2-17-10-14-16-12(17)9-15-20(18,19)8-6-11-5-3-4-7-13-11/h10-11,13,15H,2-9H2,1H3. The van der Waals surface area contributed by atoms with Gasteiger partial charge in [0, 0.05) is 12.6 Å². The third kappa shape index (κ3) is 4.53. The number of nitrogens with one attached hydrogen (secondary N) is 2. The third-order valence-corrected chi connectivity index (χ3v) is 4.99. The monoisotopic (exact) mass is 301 g/mol. The summed E-state index contributed by atoms with van der Waals surface area (Å²) in [6.45, 7) is 3.90. The summed E-state index contributed by atoms with van der Waals surface area (Å²) in [5, 5.41) is 11.1. The second-order valence-corrected chi connectivity index (χ2v) is 7.04. The van der Waals surface area contributed by atoms with E-state index in [0.29, 0.717) is 18.3 Å². The molecular formula is C12H23N5O2S. The Hall–Kier alpha value is -0.990. The highest BCUT2D eigenvalue weighted by Crippen LogP contribution is 2.10. The quantitative estimate of drug-likeness (QED) is 0.753. The van der Waals surface area contributed by atoms with Crippen LogP contribution in [0.15, 0.2) is 6.33 Å².